The highest BCUT2D eigenvalue weighted by molar-refractivity contribution is 7.13. The molecule has 80 valence electrons. The van der Waals surface area contributed by atoms with E-state index in [1.807, 2.05) is 13.8 Å². The van der Waals surface area contributed by atoms with Gasteiger partial charge in [-0.05, 0) is 13.8 Å². The Morgan fingerprint density at radius 1 is 1.13 bits per heavy atom. The smallest absolute Gasteiger partial charge is 0.182 e. The zero-order chi connectivity index (χ0) is 10.7. The Morgan fingerprint density at radius 2 is 1.87 bits per heavy atom. The Labute approximate surface area is 97.2 Å². The largest absolute Gasteiger partial charge is 0.361 e. The molecule has 1 N–H and O–H groups in total. The van der Waals surface area contributed by atoms with E-state index in [1.165, 1.54) is 5.01 Å². The molecular formula is C10H13N3S2. The molecule has 0 aliphatic rings. The Kier molecular flexibility index (Phi) is 3.33. The lowest BCUT2D eigenvalue weighted by atomic mass is 10.4. The van der Waals surface area contributed by atoms with Gasteiger partial charge in [-0.25, -0.2) is 9.97 Å². The maximum Gasteiger partial charge on any atom is 0.182 e. The molecule has 3 nitrogen and oxygen atoms in total. The zero-order valence-corrected chi connectivity index (χ0v) is 10.4. The minimum Gasteiger partial charge on any atom is -0.361 e. The Balaban J connectivity index is 1.80. The first-order chi connectivity index (χ1) is 7.24. The Hall–Kier alpha value is -0.940. The lowest BCUT2D eigenvalue weighted by Crippen LogP contribution is -2.04. The molecule has 0 saturated heterocycles. The molecule has 0 aliphatic heterocycles. The van der Waals surface area contributed by atoms with Crippen LogP contribution in [0, 0.1) is 13.8 Å². The van der Waals surface area contributed by atoms with E-state index < -0.39 is 0 Å². The number of hydrogen-bond acceptors (Lipinski definition) is 5. The predicted octanol–water partition coefficient (Wildman–Crippen LogP) is 2.87. The van der Waals surface area contributed by atoms with Gasteiger partial charge in [0.05, 0.1) is 10.7 Å². The summed E-state index contributed by atoms with van der Waals surface area (Å²) < 4.78 is 0. The predicted molar refractivity (Wildman–Crippen MR) is 65.9 cm³/mol. The van der Waals surface area contributed by atoms with Crippen molar-refractivity contribution in [3.8, 4) is 0 Å². The summed E-state index contributed by atoms with van der Waals surface area (Å²) in [5.41, 5.74) is 2.19. The van der Waals surface area contributed by atoms with Crippen LogP contribution in [-0.2, 0) is 6.42 Å². The van der Waals surface area contributed by atoms with Crippen molar-refractivity contribution < 1.29 is 0 Å². The number of nitrogens with one attached hydrogen (secondary N) is 1. The molecule has 2 heterocycles. The van der Waals surface area contributed by atoms with E-state index in [2.05, 4.69) is 26.0 Å². The van der Waals surface area contributed by atoms with Gasteiger partial charge in [-0.3, -0.25) is 0 Å². The van der Waals surface area contributed by atoms with E-state index in [0.29, 0.717) is 0 Å². The number of anilines is 1. The van der Waals surface area contributed by atoms with Crippen LogP contribution in [0.2, 0.25) is 0 Å². The van der Waals surface area contributed by atoms with Gasteiger partial charge in [0.25, 0.3) is 0 Å². The molecule has 0 amide bonds. The lowest BCUT2D eigenvalue weighted by Gasteiger charge is -1.99. The van der Waals surface area contributed by atoms with Crippen molar-refractivity contribution in [1.29, 1.82) is 0 Å². The minimum atomic E-state index is 0.903. The normalized spacial score (nSPS) is 10.5. The van der Waals surface area contributed by atoms with E-state index >= 15 is 0 Å². The summed E-state index contributed by atoms with van der Waals surface area (Å²) in [5, 5.41) is 9.62. The molecular weight excluding hydrogens is 226 g/mol. The first kappa shape index (κ1) is 10.6. The fraction of sp³-hybridized carbons (Fsp3) is 0.400. The van der Waals surface area contributed by atoms with Crippen LogP contribution in [0.15, 0.2) is 10.8 Å². The van der Waals surface area contributed by atoms with Crippen molar-refractivity contribution in [1.82, 2.24) is 9.97 Å². The molecule has 2 rings (SSSR count). The molecule has 0 aliphatic carbocycles. The quantitative estimate of drug-likeness (QED) is 0.891. The summed E-state index contributed by atoms with van der Waals surface area (Å²) in [7, 11) is 0. The standard InChI is InChI=1S/C10H13N3S2/c1-7-5-14-9(12-7)3-4-11-10-13-8(2)6-15-10/h5-6H,3-4H2,1-2H3,(H,11,13). The first-order valence-corrected chi connectivity index (χ1v) is 6.57. The molecule has 0 fully saturated rings. The van der Waals surface area contributed by atoms with Gasteiger partial charge in [-0.15, -0.1) is 22.7 Å². The summed E-state index contributed by atoms with van der Waals surface area (Å²) in [4.78, 5) is 8.75. The maximum atomic E-state index is 4.41. The van der Waals surface area contributed by atoms with Gasteiger partial charge in [-0.1, -0.05) is 0 Å². The molecule has 0 saturated carbocycles. The van der Waals surface area contributed by atoms with Crippen LogP contribution >= 0.6 is 22.7 Å². The average Bonchev–Trinajstić information content (AvgIpc) is 2.76. The second kappa shape index (κ2) is 4.72. The van der Waals surface area contributed by atoms with Crippen molar-refractivity contribution in [2.24, 2.45) is 0 Å². The molecule has 0 atom stereocenters. The van der Waals surface area contributed by atoms with Crippen LogP contribution in [0.4, 0.5) is 5.13 Å². The fourth-order valence-electron chi connectivity index (χ4n) is 1.23. The minimum absolute atomic E-state index is 0.903. The highest BCUT2D eigenvalue weighted by atomic mass is 32.1. The molecule has 2 aromatic heterocycles. The fourth-order valence-corrected chi connectivity index (χ4v) is 2.72. The molecule has 0 bridgehead atoms. The highest BCUT2D eigenvalue weighted by Crippen LogP contribution is 2.15. The number of aryl methyl sites for hydroxylation is 2. The second-order valence-corrected chi connectivity index (χ2v) is 5.15. The van der Waals surface area contributed by atoms with Crippen molar-refractivity contribution in [3.63, 3.8) is 0 Å². The van der Waals surface area contributed by atoms with Crippen molar-refractivity contribution in [2.45, 2.75) is 20.3 Å². The van der Waals surface area contributed by atoms with Gasteiger partial charge in [0.15, 0.2) is 5.13 Å². The van der Waals surface area contributed by atoms with Crippen molar-refractivity contribution in [2.75, 3.05) is 11.9 Å². The summed E-state index contributed by atoms with van der Waals surface area (Å²) in [6.45, 7) is 4.93. The monoisotopic (exact) mass is 239 g/mol. The van der Waals surface area contributed by atoms with Crippen LogP contribution in [0.5, 0.6) is 0 Å². The Bertz CT molecular complexity index is 393. The van der Waals surface area contributed by atoms with Gasteiger partial charge < -0.3 is 5.32 Å². The van der Waals surface area contributed by atoms with Crippen LogP contribution in [0.25, 0.3) is 0 Å². The van der Waals surface area contributed by atoms with Gasteiger partial charge >= 0.3 is 0 Å². The molecule has 0 spiro atoms. The topological polar surface area (TPSA) is 37.8 Å². The van der Waals surface area contributed by atoms with E-state index in [1.54, 1.807) is 22.7 Å². The van der Waals surface area contributed by atoms with E-state index in [4.69, 9.17) is 0 Å². The van der Waals surface area contributed by atoms with Gasteiger partial charge in [-0.2, -0.15) is 0 Å². The number of rotatable bonds is 4. The summed E-state index contributed by atoms with van der Waals surface area (Å²) in [5.74, 6) is 0. The third-order valence-corrected chi connectivity index (χ3v) is 3.84. The maximum absolute atomic E-state index is 4.41. The number of nitrogens with zero attached hydrogens (tertiary/aromatic N) is 2. The van der Waals surface area contributed by atoms with E-state index in [9.17, 15) is 0 Å². The molecule has 0 unspecified atom stereocenters. The SMILES string of the molecule is Cc1csc(CCNc2nc(C)cs2)n1. The molecule has 0 aromatic carbocycles. The lowest BCUT2D eigenvalue weighted by molar-refractivity contribution is 0.982. The molecule has 5 heteroatoms. The van der Waals surface area contributed by atoms with E-state index in [-0.39, 0.29) is 0 Å². The third kappa shape index (κ3) is 3.00. The van der Waals surface area contributed by atoms with Crippen LogP contribution < -0.4 is 5.32 Å². The van der Waals surface area contributed by atoms with Crippen molar-refractivity contribution >= 4 is 27.8 Å². The second-order valence-electron chi connectivity index (χ2n) is 3.35. The Morgan fingerprint density at radius 3 is 2.47 bits per heavy atom. The van der Waals surface area contributed by atoms with E-state index in [0.717, 1.165) is 29.5 Å². The number of thiazole rings is 2. The van der Waals surface area contributed by atoms with Crippen molar-refractivity contribution in [3.05, 3.63) is 27.2 Å². The molecule has 2 aromatic rings. The summed E-state index contributed by atoms with van der Waals surface area (Å²) in [6.07, 6.45) is 0.969. The van der Waals surface area contributed by atoms with Gasteiger partial charge in [0.2, 0.25) is 0 Å². The average molecular weight is 239 g/mol. The molecule has 15 heavy (non-hydrogen) atoms. The highest BCUT2D eigenvalue weighted by Gasteiger charge is 2.00. The number of aromatic nitrogens is 2. The van der Waals surface area contributed by atoms with Gasteiger partial charge in [0, 0.05) is 29.4 Å². The van der Waals surface area contributed by atoms with Crippen LogP contribution in [-0.4, -0.2) is 16.5 Å². The van der Waals surface area contributed by atoms with Gasteiger partial charge in [0.1, 0.15) is 0 Å². The zero-order valence-electron chi connectivity index (χ0n) is 8.78. The van der Waals surface area contributed by atoms with Crippen LogP contribution in [0.3, 0.4) is 0 Å². The number of hydrogen-bond donors (Lipinski definition) is 1. The first-order valence-electron chi connectivity index (χ1n) is 4.81. The molecule has 0 radical (unpaired) electrons. The summed E-state index contributed by atoms with van der Waals surface area (Å²) in [6, 6.07) is 0. The summed E-state index contributed by atoms with van der Waals surface area (Å²) >= 11 is 3.37. The van der Waals surface area contributed by atoms with Crippen LogP contribution in [0.1, 0.15) is 16.4 Å². The third-order valence-electron chi connectivity index (χ3n) is 1.90.